The molecule has 0 saturated carbocycles. The number of hydrogen-bond acceptors (Lipinski definition) is 3. The third-order valence-corrected chi connectivity index (χ3v) is 3.37. The van der Waals surface area contributed by atoms with Crippen molar-refractivity contribution < 1.29 is 14.7 Å². The van der Waals surface area contributed by atoms with Gasteiger partial charge in [0.15, 0.2) is 0 Å². The van der Waals surface area contributed by atoms with Gasteiger partial charge >= 0.3 is 12.0 Å². The lowest BCUT2D eigenvalue weighted by molar-refractivity contribution is -0.143. The van der Waals surface area contributed by atoms with Crippen LogP contribution in [0.2, 0.25) is 0 Å². The summed E-state index contributed by atoms with van der Waals surface area (Å²) in [6.45, 7) is 5.05. The molecular formula is C13H21N3O3. The molecule has 0 radical (unpaired) electrons. The van der Waals surface area contributed by atoms with Gasteiger partial charge in [0.25, 0.3) is 0 Å². The summed E-state index contributed by atoms with van der Waals surface area (Å²) in [7, 11) is 0. The monoisotopic (exact) mass is 267 g/mol. The predicted octanol–water partition coefficient (Wildman–Crippen LogP) is 1.53. The van der Waals surface area contributed by atoms with E-state index in [0.29, 0.717) is 32.4 Å². The maximum Gasteiger partial charge on any atom is 0.320 e. The number of urea groups is 1. The van der Waals surface area contributed by atoms with Crippen molar-refractivity contribution in [2.45, 2.75) is 39.2 Å². The highest BCUT2D eigenvalue weighted by molar-refractivity contribution is 5.77. The lowest BCUT2D eigenvalue weighted by Crippen LogP contribution is -2.51. The molecule has 1 fully saturated rings. The number of rotatable bonds is 4. The molecule has 2 amide bonds. The molecule has 0 bridgehead atoms. The Hall–Kier alpha value is -1.77. The van der Waals surface area contributed by atoms with Crippen LogP contribution in [-0.2, 0) is 4.79 Å². The topological polar surface area (TPSA) is 84.6 Å². The van der Waals surface area contributed by atoms with E-state index in [1.165, 1.54) is 0 Å². The summed E-state index contributed by atoms with van der Waals surface area (Å²) < 4.78 is 0. The van der Waals surface area contributed by atoms with Crippen LogP contribution in [-0.4, -0.2) is 52.6 Å². The molecule has 1 N–H and O–H groups in total. The highest BCUT2D eigenvalue weighted by Crippen LogP contribution is 2.18. The Bertz CT molecular complexity index is 376. The summed E-state index contributed by atoms with van der Waals surface area (Å²) in [5.74, 6) is -1.31. The zero-order valence-corrected chi connectivity index (χ0v) is 11.5. The van der Waals surface area contributed by atoms with Gasteiger partial charge in [0, 0.05) is 25.7 Å². The summed E-state index contributed by atoms with van der Waals surface area (Å²) in [6.07, 6.45) is 1.63. The van der Waals surface area contributed by atoms with E-state index in [2.05, 4.69) is 0 Å². The second-order valence-corrected chi connectivity index (χ2v) is 5.10. The number of piperidine rings is 1. The van der Waals surface area contributed by atoms with Crippen LogP contribution in [0.4, 0.5) is 4.79 Å². The molecule has 6 heteroatoms. The molecule has 0 aromatic rings. The third-order valence-electron chi connectivity index (χ3n) is 3.37. The Morgan fingerprint density at radius 2 is 2.21 bits per heavy atom. The molecule has 1 aliphatic heterocycles. The summed E-state index contributed by atoms with van der Waals surface area (Å²) in [5, 5.41) is 17.7. The summed E-state index contributed by atoms with van der Waals surface area (Å²) in [5.41, 5.74) is 0. The third kappa shape index (κ3) is 4.12. The second-order valence-electron chi connectivity index (χ2n) is 5.10. The number of nitriles is 1. The molecule has 6 nitrogen and oxygen atoms in total. The van der Waals surface area contributed by atoms with Crippen molar-refractivity contribution in [1.82, 2.24) is 9.80 Å². The number of carbonyl (C=O) groups excluding carboxylic acids is 1. The zero-order valence-electron chi connectivity index (χ0n) is 11.5. The summed E-state index contributed by atoms with van der Waals surface area (Å²) in [6, 6.07) is 1.88. The lowest BCUT2D eigenvalue weighted by atomic mass is 9.98. The Balaban J connectivity index is 2.68. The SMILES string of the molecule is CC(C)N(CCC#N)C(=O)N1CCC[C@@H](C(=O)O)C1. The molecule has 1 aliphatic rings. The van der Waals surface area contributed by atoms with Gasteiger partial charge in [0.2, 0.25) is 0 Å². The predicted molar refractivity (Wildman–Crippen MR) is 69.4 cm³/mol. The molecule has 1 rings (SSSR count). The minimum absolute atomic E-state index is 0.00561. The number of aliphatic carboxylic acids is 1. The smallest absolute Gasteiger partial charge is 0.320 e. The fourth-order valence-electron chi connectivity index (χ4n) is 2.28. The molecule has 19 heavy (non-hydrogen) atoms. The summed E-state index contributed by atoms with van der Waals surface area (Å²) in [4.78, 5) is 26.6. The van der Waals surface area contributed by atoms with E-state index in [9.17, 15) is 9.59 Å². The van der Waals surface area contributed by atoms with E-state index >= 15 is 0 Å². The number of carbonyl (C=O) groups is 2. The largest absolute Gasteiger partial charge is 0.481 e. The fourth-order valence-corrected chi connectivity index (χ4v) is 2.28. The van der Waals surface area contributed by atoms with Crippen molar-refractivity contribution in [2.24, 2.45) is 5.92 Å². The standard InChI is InChI=1S/C13H21N3O3/c1-10(2)16(8-4-6-14)13(19)15-7-3-5-11(9-15)12(17)18/h10-11H,3-5,7-9H2,1-2H3,(H,17,18)/t11-/m1/s1. The van der Waals surface area contributed by atoms with Crippen LogP contribution in [0.1, 0.15) is 33.1 Å². The first-order valence-corrected chi connectivity index (χ1v) is 6.62. The molecule has 0 aliphatic carbocycles. The van der Waals surface area contributed by atoms with Gasteiger partial charge in [0.05, 0.1) is 18.4 Å². The minimum Gasteiger partial charge on any atom is -0.481 e. The highest BCUT2D eigenvalue weighted by atomic mass is 16.4. The zero-order chi connectivity index (χ0) is 14.4. The Kier molecular flexibility index (Phi) is 5.61. The van der Waals surface area contributed by atoms with E-state index in [4.69, 9.17) is 10.4 Å². The van der Waals surface area contributed by atoms with Crippen LogP contribution < -0.4 is 0 Å². The number of hydrogen-bond donors (Lipinski definition) is 1. The Morgan fingerprint density at radius 1 is 1.53 bits per heavy atom. The van der Waals surface area contributed by atoms with Gasteiger partial charge in [-0.3, -0.25) is 4.79 Å². The number of amides is 2. The fraction of sp³-hybridized carbons (Fsp3) is 0.769. The van der Waals surface area contributed by atoms with E-state index in [1.807, 2.05) is 19.9 Å². The van der Waals surface area contributed by atoms with Crippen molar-refractivity contribution in [3.05, 3.63) is 0 Å². The van der Waals surface area contributed by atoms with Gasteiger partial charge < -0.3 is 14.9 Å². The molecule has 1 heterocycles. The van der Waals surface area contributed by atoms with Gasteiger partial charge in [-0.05, 0) is 26.7 Å². The Morgan fingerprint density at radius 3 is 2.74 bits per heavy atom. The molecule has 1 saturated heterocycles. The van der Waals surface area contributed by atoms with Crippen LogP contribution in [0.25, 0.3) is 0 Å². The highest BCUT2D eigenvalue weighted by Gasteiger charge is 2.31. The van der Waals surface area contributed by atoms with E-state index in [1.54, 1.807) is 9.80 Å². The minimum atomic E-state index is -0.842. The lowest BCUT2D eigenvalue weighted by Gasteiger charge is -2.36. The van der Waals surface area contributed by atoms with Gasteiger partial charge in [-0.1, -0.05) is 0 Å². The molecule has 0 aromatic carbocycles. The maximum atomic E-state index is 12.4. The average molecular weight is 267 g/mol. The first-order chi connectivity index (χ1) is 8.97. The van der Waals surface area contributed by atoms with Crippen LogP contribution in [0, 0.1) is 17.2 Å². The van der Waals surface area contributed by atoms with Crippen molar-refractivity contribution in [1.29, 1.82) is 5.26 Å². The average Bonchev–Trinajstić information content (AvgIpc) is 2.38. The number of carboxylic acids is 1. The number of nitrogens with zero attached hydrogens (tertiary/aromatic N) is 3. The van der Waals surface area contributed by atoms with Crippen molar-refractivity contribution >= 4 is 12.0 Å². The van der Waals surface area contributed by atoms with Gasteiger partial charge in [-0.2, -0.15) is 5.26 Å². The van der Waals surface area contributed by atoms with E-state index in [-0.39, 0.29) is 18.6 Å². The van der Waals surface area contributed by atoms with Gasteiger partial charge in [0.1, 0.15) is 0 Å². The molecule has 1 atom stereocenters. The molecule has 0 unspecified atom stereocenters. The molecule has 0 aromatic heterocycles. The first-order valence-electron chi connectivity index (χ1n) is 6.62. The van der Waals surface area contributed by atoms with Crippen LogP contribution in [0.5, 0.6) is 0 Å². The quantitative estimate of drug-likeness (QED) is 0.837. The van der Waals surface area contributed by atoms with Crippen molar-refractivity contribution in [3.8, 4) is 6.07 Å². The van der Waals surface area contributed by atoms with Crippen LogP contribution >= 0.6 is 0 Å². The van der Waals surface area contributed by atoms with Gasteiger partial charge in [-0.15, -0.1) is 0 Å². The van der Waals surface area contributed by atoms with Gasteiger partial charge in [-0.25, -0.2) is 4.79 Å². The van der Waals surface area contributed by atoms with E-state index < -0.39 is 11.9 Å². The van der Waals surface area contributed by atoms with Crippen molar-refractivity contribution in [2.75, 3.05) is 19.6 Å². The first kappa shape index (κ1) is 15.3. The maximum absolute atomic E-state index is 12.4. The van der Waals surface area contributed by atoms with Crippen LogP contribution in [0.15, 0.2) is 0 Å². The molecule has 106 valence electrons. The number of carboxylic acid groups (broad SMARTS) is 1. The molecule has 0 spiro atoms. The Labute approximate surface area is 113 Å². The molecular weight excluding hydrogens is 246 g/mol. The van der Waals surface area contributed by atoms with E-state index in [0.717, 1.165) is 0 Å². The normalized spacial score (nSPS) is 19.1. The number of likely N-dealkylation sites (tertiary alicyclic amines) is 1. The second kappa shape index (κ2) is 6.98. The summed E-state index contributed by atoms with van der Waals surface area (Å²) >= 11 is 0. The van der Waals surface area contributed by atoms with Crippen LogP contribution in [0.3, 0.4) is 0 Å². The van der Waals surface area contributed by atoms with Crippen molar-refractivity contribution in [3.63, 3.8) is 0 Å².